The third kappa shape index (κ3) is 5.93. The number of nitrogens with one attached hydrogen (secondary N) is 2. The van der Waals surface area contributed by atoms with E-state index >= 15 is 0 Å². The Balaban J connectivity index is 1.44. The van der Waals surface area contributed by atoms with Crippen molar-refractivity contribution in [1.29, 1.82) is 0 Å². The highest BCUT2D eigenvalue weighted by Crippen LogP contribution is 2.34. The molecule has 0 fully saturated rings. The number of carbonyl (C=O) groups is 3. The number of hydrogen-bond donors (Lipinski definition) is 2. The molecule has 3 amide bonds. The summed E-state index contributed by atoms with van der Waals surface area (Å²) in [5.41, 5.74) is 2.04. The molecule has 0 unspecified atom stereocenters. The van der Waals surface area contributed by atoms with Gasteiger partial charge in [-0.05, 0) is 49.7 Å². The van der Waals surface area contributed by atoms with E-state index in [2.05, 4.69) is 20.6 Å². The minimum absolute atomic E-state index is 0.0269. The molecule has 36 heavy (non-hydrogen) atoms. The van der Waals surface area contributed by atoms with Gasteiger partial charge in [0.1, 0.15) is 17.6 Å². The van der Waals surface area contributed by atoms with Crippen molar-refractivity contribution in [1.82, 2.24) is 10.2 Å². The van der Waals surface area contributed by atoms with Crippen LogP contribution in [0.25, 0.3) is 0 Å². The second-order valence-electron chi connectivity index (χ2n) is 8.26. The number of nitrogens with zero attached hydrogens (tertiary/aromatic N) is 3. The fourth-order valence-electron chi connectivity index (χ4n) is 3.81. The minimum Gasteiger partial charge on any atom is -0.494 e. The molecule has 10 heteroatoms. The maximum atomic E-state index is 13.3. The van der Waals surface area contributed by atoms with Gasteiger partial charge in [-0.15, -0.1) is 0 Å². The monoisotopic (exact) mass is 507 g/mol. The molecule has 0 aromatic heterocycles. The highest BCUT2D eigenvalue weighted by molar-refractivity contribution is 8.14. The van der Waals surface area contributed by atoms with Gasteiger partial charge >= 0.3 is 0 Å². The molecule has 0 bridgehead atoms. The maximum Gasteiger partial charge on any atom is 0.259 e. The van der Waals surface area contributed by atoms with Gasteiger partial charge in [-0.1, -0.05) is 37.2 Å². The van der Waals surface area contributed by atoms with Crippen LogP contribution in [0, 0.1) is 0 Å². The molecule has 2 heterocycles. The number of rotatable bonds is 10. The molecule has 0 saturated carbocycles. The molecular formula is C26H29N5O4S. The summed E-state index contributed by atoms with van der Waals surface area (Å²) in [6.07, 6.45) is 1.82. The van der Waals surface area contributed by atoms with Crippen molar-refractivity contribution in [3.63, 3.8) is 0 Å². The van der Waals surface area contributed by atoms with Crippen molar-refractivity contribution in [3.8, 4) is 5.75 Å². The van der Waals surface area contributed by atoms with Crippen molar-refractivity contribution < 1.29 is 19.1 Å². The Morgan fingerprint density at radius 2 is 1.86 bits per heavy atom. The largest absolute Gasteiger partial charge is 0.494 e. The normalized spacial score (nSPS) is 16.0. The summed E-state index contributed by atoms with van der Waals surface area (Å²) >= 11 is 1.15. The third-order valence-corrected chi connectivity index (χ3v) is 6.50. The van der Waals surface area contributed by atoms with Crippen LogP contribution in [0.15, 0.2) is 58.5 Å². The second-order valence-corrected chi connectivity index (χ2v) is 9.20. The molecule has 0 spiro atoms. The smallest absolute Gasteiger partial charge is 0.259 e. The lowest BCUT2D eigenvalue weighted by Gasteiger charge is -2.25. The fourth-order valence-corrected chi connectivity index (χ4v) is 4.61. The SMILES string of the molecule is CCCCNC(=O)C[C@H]1N=C2c3ccccc3N=C(SCC(=O)Nc3ccc(OCC)cc3)N2C1=O. The first-order valence-electron chi connectivity index (χ1n) is 12.0. The van der Waals surface area contributed by atoms with Crippen molar-refractivity contribution in [2.45, 2.75) is 39.2 Å². The van der Waals surface area contributed by atoms with Crippen molar-refractivity contribution >= 4 is 51.9 Å². The molecule has 0 radical (unpaired) electrons. The zero-order valence-corrected chi connectivity index (χ0v) is 21.1. The Morgan fingerprint density at radius 3 is 2.61 bits per heavy atom. The molecular weight excluding hydrogens is 478 g/mol. The molecule has 0 aliphatic carbocycles. The lowest BCUT2D eigenvalue weighted by Crippen LogP contribution is -2.42. The van der Waals surface area contributed by atoms with E-state index in [0.717, 1.165) is 35.9 Å². The number of amidine groups is 2. The molecule has 1 atom stereocenters. The first-order valence-corrected chi connectivity index (χ1v) is 13.0. The maximum absolute atomic E-state index is 13.3. The standard InChI is InChI=1S/C26H29N5O4S/c1-3-5-14-27-22(32)15-21-25(34)31-24(29-21)19-8-6-7-9-20(19)30-26(31)36-16-23(33)28-17-10-12-18(13-11-17)35-4-2/h6-13,21H,3-5,14-16H2,1-2H3,(H,27,32)(H,28,33)/t21-/m1/s1. The number of anilines is 1. The molecule has 2 N–H and O–H groups in total. The quantitative estimate of drug-likeness (QED) is 0.476. The molecule has 0 saturated heterocycles. The van der Waals surface area contributed by atoms with Crippen LogP contribution in [0.3, 0.4) is 0 Å². The van der Waals surface area contributed by atoms with Gasteiger partial charge in [-0.25, -0.2) is 9.89 Å². The Bertz CT molecular complexity index is 1200. The number of para-hydroxylation sites is 1. The number of fused-ring (bicyclic) bond motifs is 3. The first kappa shape index (κ1) is 25.4. The van der Waals surface area contributed by atoms with Crippen molar-refractivity contribution in [3.05, 3.63) is 54.1 Å². The van der Waals surface area contributed by atoms with E-state index in [1.165, 1.54) is 4.90 Å². The summed E-state index contributed by atoms with van der Waals surface area (Å²) in [7, 11) is 0. The lowest BCUT2D eigenvalue weighted by molar-refractivity contribution is -0.128. The van der Waals surface area contributed by atoms with Crippen LogP contribution in [0.2, 0.25) is 0 Å². The van der Waals surface area contributed by atoms with Crippen LogP contribution in [0.5, 0.6) is 5.75 Å². The predicted molar refractivity (Wildman–Crippen MR) is 142 cm³/mol. The van der Waals surface area contributed by atoms with Gasteiger partial charge in [0, 0.05) is 17.8 Å². The van der Waals surface area contributed by atoms with Crippen LogP contribution in [-0.4, -0.2) is 58.6 Å². The molecule has 2 aliphatic rings. The Labute approximate surface area is 214 Å². The van der Waals surface area contributed by atoms with Gasteiger partial charge in [-0.3, -0.25) is 19.4 Å². The highest BCUT2D eigenvalue weighted by atomic mass is 32.2. The molecule has 2 aromatic rings. The van der Waals surface area contributed by atoms with Crippen LogP contribution >= 0.6 is 11.8 Å². The summed E-state index contributed by atoms with van der Waals surface area (Å²) in [5.74, 6) is 0.485. The Morgan fingerprint density at radius 1 is 1.08 bits per heavy atom. The number of hydrogen-bond acceptors (Lipinski definition) is 7. The van der Waals surface area contributed by atoms with Crippen LogP contribution in [0.1, 0.15) is 38.7 Å². The van der Waals surface area contributed by atoms with Crippen LogP contribution in [-0.2, 0) is 14.4 Å². The molecule has 2 aliphatic heterocycles. The highest BCUT2D eigenvalue weighted by Gasteiger charge is 2.42. The number of ether oxygens (including phenoxy) is 1. The molecule has 9 nitrogen and oxygen atoms in total. The minimum atomic E-state index is -0.823. The van der Waals surface area contributed by atoms with Gasteiger partial charge < -0.3 is 15.4 Å². The van der Waals surface area contributed by atoms with Gasteiger partial charge in [0.15, 0.2) is 5.17 Å². The van der Waals surface area contributed by atoms with E-state index in [1.54, 1.807) is 24.3 Å². The van der Waals surface area contributed by atoms with E-state index in [4.69, 9.17) is 4.74 Å². The average Bonchev–Trinajstić information content (AvgIpc) is 3.20. The molecule has 188 valence electrons. The molecule has 2 aromatic carbocycles. The summed E-state index contributed by atoms with van der Waals surface area (Å²) in [6.45, 7) is 5.10. The summed E-state index contributed by atoms with van der Waals surface area (Å²) in [5, 5.41) is 6.05. The summed E-state index contributed by atoms with van der Waals surface area (Å²) in [6, 6.07) is 13.7. The van der Waals surface area contributed by atoms with E-state index < -0.39 is 6.04 Å². The Hall–Kier alpha value is -3.66. The van der Waals surface area contributed by atoms with Gasteiger partial charge in [-0.2, -0.15) is 0 Å². The van der Waals surface area contributed by atoms with E-state index in [0.29, 0.717) is 35.5 Å². The number of thioether (sulfide) groups is 1. The average molecular weight is 508 g/mol. The second kappa shape index (κ2) is 11.9. The molecule has 4 rings (SSSR count). The van der Waals surface area contributed by atoms with Crippen LogP contribution < -0.4 is 15.4 Å². The number of amides is 3. The van der Waals surface area contributed by atoms with Crippen molar-refractivity contribution in [2.75, 3.05) is 24.2 Å². The zero-order valence-electron chi connectivity index (χ0n) is 20.3. The van der Waals surface area contributed by atoms with Gasteiger partial charge in [0.25, 0.3) is 5.91 Å². The summed E-state index contributed by atoms with van der Waals surface area (Å²) < 4.78 is 5.42. The summed E-state index contributed by atoms with van der Waals surface area (Å²) in [4.78, 5) is 48.9. The first-order chi connectivity index (χ1) is 17.5. The number of carbonyl (C=O) groups excluding carboxylic acids is 3. The number of unbranched alkanes of at least 4 members (excludes halogenated alkanes) is 1. The van der Waals surface area contributed by atoms with Gasteiger partial charge in [0.2, 0.25) is 11.8 Å². The van der Waals surface area contributed by atoms with Crippen molar-refractivity contribution in [2.24, 2.45) is 9.98 Å². The fraction of sp³-hybridized carbons (Fsp3) is 0.346. The van der Waals surface area contributed by atoms with Crippen LogP contribution in [0.4, 0.5) is 11.4 Å². The number of aliphatic imine (C=N–C) groups is 2. The van der Waals surface area contributed by atoms with E-state index in [9.17, 15) is 14.4 Å². The third-order valence-electron chi connectivity index (χ3n) is 5.56. The Kier molecular flexibility index (Phi) is 8.37. The predicted octanol–water partition coefficient (Wildman–Crippen LogP) is 3.72. The zero-order chi connectivity index (χ0) is 25.5. The van der Waals surface area contributed by atoms with E-state index in [-0.39, 0.29) is 29.9 Å². The topological polar surface area (TPSA) is 112 Å². The van der Waals surface area contributed by atoms with Gasteiger partial charge in [0.05, 0.1) is 24.5 Å². The number of benzene rings is 2. The van der Waals surface area contributed by atoms with E-state index in [1.807, 2.05) is 38.1 Å². The lowest BCUT2D eigenvalue weighted by atomic mass is 10.1.